The maximum absolute atomic E-state index is 12.4. The van der Waals surface area contributed by atoms with Gasteiger partial charge in [-0.25, -0.2) is 0 Å². The van der Waals surface area contributed by atoms with Crippen molar-refractivity contribution in [3.8, 4) is 0 Å². The smallest absolute Gasteiger partial charge is 0.305 e. The summed E-state index contributed by atoms with van der Waals surface area (Å²) in [4.78, 5) is 23.4. The van der Waals surface area contributed by atoms with Crippen LogP contribution in [0, 0.1) is 0 Å². The van der Waals surface area contributed by atoms with Gasteiger partial charge in [-0.3, -0.25) is 9.59 Å². The van der Waals surface area contributed by atoms with E-state index >= 15 is 0 Å². The lowest BCUT2D eigenvalue weighted by Gasteiger charge is -2.42. The zero-order chi connectivity index (χ0) is 15.6. The minimum Gasteiger partial charge on any atom is -0.481 e. The molecule has 2 aliphatic carbocycles. The van der Waals surface area contributed by atoms with Crippen molar-refractivity contribution < 1.29 is 14.7 Å². The molecule has 1 fully saturated rings. The van der Waals surface area contributed by atoms with Gasteiger partial charge in [-0.05, 0) is 55.6 Å². The number of carboxylic acid groups (broad SMARTS) is 1. The van der Waals surface area contributed by atoms with E-state index < -0.39 is 11.5 Å². The fourth-order valence-electron chi connectivity index (χ4n) is 3.88. The summed E-state index contributed by atoms with van der Waals surface area (Å²) in [6.07, 6.45) is 6.33. The van der Waals surface area contributed by atoms with Crippen molar-refractivity contribution in [1.82, 2.24) is 5.32 Å². The van der Waals surface area contributed by atoms with Gasteiger partial charge >= 0.3 is 5.97 Å². The van der Waals surface area contributed by atoms with Crippen LogP contribution < -0.4 is 5.32 Å². The maximum Gasteiger partial charge on any atom is 0.305 e. The summed E-state index contributed by atoms with van der Waals surface area (Å²) in [5, 5.41) is 12.0. The average molecular weight is 301 g/mol. The van der Waals surface area contributed by atoms with Crippen LogP contribution in [0.25, 0.3) is 0 Å². The highest BCUT2D eigenvalue weighted by molar-refractivity contribution is 5.79. The molecule has 1 amide bonds. The maximum atomic E-state index is 12.4. The van der Waals surface area contributed by atoms with Crippen LogP contribution >= 0.6 is 0 Å². The molecule has 118 valence electrons. The third kappa shape index (κ3) is 3.16. The number of rotatable bonds is 5. The van der Waals surface area contributed by atoms with Crippen LogP contribution in [-0.2, 0) is 16.0 Å². The molecule has 0 bridgehead atoms. The Morgan fingerprint density at radius 3 is 2.68 bits per heavy atom. The van der Waals surface area contributed by atoms with Crippen LogP contribution in [0.3, 0.4) is 0 Å². The molecule has 1 aromatic rings. The lowest BCUT2D eigenvalue weighted by molar-refractivity contribution is -0.140. The van der Waals surface area contributed by atoms with Crippen molar-refractivity contribution in [2.75, 3.05) is 0 Å². The number of carbonyl (C=O) groups is 2. The molecule has 4 heteroatoms. The van der Waals surface area contributed by atoms with Crippen LogP contribution in [0.1, 0.15) is 62.0 Å². The molecule has 0 radical (unpaired) electrons. The zero-order valence-corrected chi connectivity index (χ0v) is 12.8. The molecular formula is C18H23NO3. The fourth-order valence-corrected chi connectivity index (χ4v) is 3.88. The first-order valence-electron chi connectivity index (χ1n) is 8.19. The number of carbonyl (C=O) groups excluding carboxylic acids is 1. The second-order valence-corrected chi connectivity index (χ2v) is 6.74. The summed E-state index contributed by atoms with van der Waals surface area (Å²) in [6, 6.07) is 8.37. The number of hydrogen-bond acceptors (Lipinski definition) is 2. The summed E-state index contributed by atoms with van der Waals surface area (Å²) in [5.41, 5.74) is 2.16. The number of aliphatic carboxylic acids is 1. The SMILES string of the molecule is O=C(O)CC1(NC(=O)CC2CCCc3ccccc32)CCC1. The Labute approximate surface area is 130 Å². The van der Waals surface area contributed by atoms with Gasteiger partial charge in [0.2, 0.25) is 5.91 Å². The minimum absolute atomic E-state index is 0.00246. The van der Waals surface area contributed by atoms with E-state index in [0.29, 0.717) is 6.42 Å². The summed E-state index contributed by atoms with van der Waals surface area (Å²) < 4.78 is 0. The van der Waals surface area contributed by atoms with Crippen molar-refractivity contribution in [2.45, 2.75) is 62.8 Å². The quantitative estimate of drug-likeness (QED) is 0.878. The molecule has 22 heavy (non-hydrogen) atoms. The Morgan fingerprint density at radius 2 is 2.00 bits per heavy atom. The van der Waals surface area contributed by atoms with Crippen LogP contribution in [0.5, 0.6) is 0 Å². The molecule has 0 aromatic heterocycles. The van der Waals surface area contributed by atoms with Crippen molar-refractivity contribution in [3.63, 3.8) is 0 Å². The monoisotopic (exact) mass is 301 g/mol. The van der Waals surface area contributed by atoms with Crippen LogP contribution in [0.15, 0.2) is 24.3 Å². The number of aryl methyl sites for hydroxylation is 1. The standard InChI is InChI=1S/C18H23NO3/c20-16(19-18(9-4-10-18)12-17(21)22)11-14-7-3-6-13-5-1-2-8-15(13)14/h1-2,5,8,14H,3-4,6-7,9-12H2,(H,19,20)(H,21,22). The average Bonchev–Trinajstić information content (AvgIpc) is 2.45. The molecule has 3 rings (SSSR count). The van der Waals surface area contributed by atoms with Crippen molar-refractivity contribution >= 4 is 11.9 Å². The van der Waals surface area contributed by atoms with Gasteiger partial charge in [0, 0.05) is 6.42 Å². The molecule has 2 N–H and O–H groups in total. The number of amides is 1. The molecule has 1 saturated carbocycles. The van der Waals surface area contributed by atoms with Gasteiger partial charge in [-0.2, -0.15) is 0 Å². The number of hydrogen-bond donors (Lipinski definition) is 2. The highest BCUT2D eigenvalue weighted by Gasteiger charge is 2.40. The summed E-state index contributed by atoms with van der Waals surface area (Å²) in [7, 11) is 0. The van der Waals surface area contributed by atoms with Crippen LogP contribution in [0.4, 0.5) is 0 Å². The van der Waals surface area contributed by atoms with Crippen LogP contribution in [-0.4, -0.2) is 22.5 Å². The van der Waals surface area contributed by atoms with Gasteiger partial charge in [-0.1, -0.05) is 24.3 Å². The first-order valence-corrected chi connectivity index (χ1v) is 8.19. The molecule has 4 nitrogen and oxygen atoms in total. The first-order chi connectivity index (χ1) is 10.6. The largest absolute Gasteiger partial charge is 0.481 e. The lowest BCUT2D eigenvalue weighted by Crippen LogP contribution is -2.54. The second kappa shape index (κ2) is 6.11. The number of benzene rings is 1. The second-order valence-electron chi connectivity index (χ2n) is 6.74. The summed E-state index contributed by atoms with van der Waals surface area (Å²) in [5.74, 6) is -0.558. The van der Waals surface area contributed by atoms with Gasteiger partial charge in [0.05, 0.1) is 12.0 Å². The summed E-state index contributed by atoms with van der Waals surface area (Å²) in [6.45, 7) is 0. The van der Waals surface area contributed by atoms with E-state index in [2.05, 4.69) is 23.5 Å². The van der Waals surface area contributed by atoms with Gasteiger partial charge in [-0.15, -0.1) is 0 Å². The molecule has 2 aliphatic rings. The van der Waals surface area contributed by atoms with E-state index in [4.69, 9.17) is 5.11 Å². The summed E-state index contributed by atoms with van der Waals surface area (Å²) >= 11 is 0. The Bertz CT molecular complexity index is 577. The Kier molecular flexibility index (Phi) is 4.19. The van der Waals surface area contributed by atoms with Gasteiger partial charge in [0.15, 0.2) is 0 Å². The Balaban J connectivity index is 1.64. The Morgan fingerprint density at radius 1 is 1.23 bits per heavy atom. The van der Waals surface area contributed by atoms with Crippen LogP contribution in [0.2, 0.25) is 0 Å². The zero-order valence-electron chi connectivity index (χ0n) is 12.8. The predicted octanol–water partition coefficient (Wildman–Crippen LogP) is 3.01. The molecule has 0 spiro atoms. The van der Waals surface area contributed by atoms with E-state index in [1.807, 2.05) is 6.07 Å². The number of carboxylic acids is 1. The van der Waals surface area contributed by atoms with E-state index in [-0.39, 0.29) is 18.2 Å². The van der Waals surface area contributed by atoms with E-state index in [1.165, 1.54) is 11.1 Å². The van der Waals surface area contributed by atoms with E-state index in [9.17, 15) is 9.59 Å². The van der Waals surface area contributed by atoms with E-state index in [1.54, 1.807) is 0 Å². The third-order valence-electron chi connectivity index (χ3n) is 5.13. The molecule has 0 saturated heterocycles. The van der Waals surface area contributed by atoms with Gasteiger partial charge < -0.3 is 10.4 Å². The Hall–Kier alpha value is -1.84. The molecule has 0 heterocycles. The minimum atomic E-state index is -0.831. The van der Waals surface area contributed by atoms with Gasteiger partial charge in [0.1, 0.15) is 0 Å². The van der Waals surface area contributed by atoms with Gasteiger partial charge in [0.25, 0.3) is 0 Å². The van der Waals surface area contributed by atoms with Crippen molar-refractivity contribution in [3.05, 3.63) is 35.4 Å². The highest BCUT2D eigenvalue weighted by Crippen LogP contribution is 2.37. The molecule has 1 atom stereocenters. The number of nitrogens with one attached hydrogen (secondary N) is 1. The normalized spacial score (nSPS) is 22.3. The third-order valence-corrected chi connectivity index (χ3v) is 5.13. The van der Waals surface area contributed by atoms with Crippen molar-refractivity contribution in [1.29, 1.82) is 0 Å². The molecule has 1 unspecified atom stereocenters. The number of fused-ring (bicyclic) bond motifs is 1. The van der Waals surface area contributed by atoms with E-state index in [0.717, 1.165) is 38.5 Å². The molecule has 1 aromatic carbocycles. The highest BCUT2D eigenvalue weighted by atomic mass is 16.4. The molecule has 0 aliphatic heterocycles. The first kappa shape index (κ1) is 15.1. The molecular weight excluding hydrogens is 278 g/mol. The van der Waals surface area contributed by atoms with Crippen molar-refractivity contribution in [2.24, 2.45) is 0 Å². The topological polar surface area (TPSA) is 66.4 Å². The predicted molar refractivity (Wildman–Crippen MR) is 83.7 cm³/mol. The fraction of sp³-hybridized carbons (Fsp3) is 0.556. The lowest BCUT2D eigenvalue weighted by atomic mass is 9.74.